The quantitative estimate of drug-likeness (QED) is 0.414. The summed E-state index contributed by atoms with van der Waals surface area (Å²) in [5.74, 6) is 0.0397. The summed E-state index contributed by atoms with van der Waals surface area (Å²) in [6.45, 7) is 5.96. The van der Waals surface area contributed by atoms with Crippen LogP contribution in [-0.4, -0.2) is 27.8 Å². The van der Waals surface area contributed by atoms with Crippen LogP contribution in [0.1, 0.15) is 5.56 Å². The Hall–Kier alpha value is -2.86. The van der Waals surface area contributed by atoms with Crippen molar-refractivity contribution >= 4 is 28.6 Å². The molecule has 1 aromatic heterocycles. The fourth-order valence-electron chi connectivity index (χ4n) is 2.57. The second-order valence-corrected chi connectivity index (χ2v) is 6.72. The minimum Gasteiger partial charge on any atom is -0.352 e. The highest BCUT2D eigenvalue weighted by Crippen LogP contribution is 2.21. The summed E-state index contributed by atoms with van der Waals surface area (Å²) in [6.07, 6.45) is 1.62. The number of hydrogen-bond donors (Lipinski definition) is 1. The van der Waals surface area contributed by atoms with Gasteiger partial charge in [0.25, 0.3) is 5.56 Å². The van der Waals surface area contributed by atoms with E-state index in [0.717, 1.165) is 11.3 Å². The summed E-state index contributed by atoms with van der Waals surface area (Å²) in [7, 11) is 0. The molecule has 0 atom stereocenters. The number of para-hydroxylation sites is 1. The van der Waals surface area contributed by atoms with Crippen LogP contribution in [0.25, 0.3) is 16.6 Å². The number of aryl methyl sites for hydroxylation is 1. The lowest BCUT2D eigenvalue weighted by Gasteiger charge is -2.13. The minimum absolute atomic E-state index is 0.131. The molecular weight excluding hydrogens is 346 g/mol. The zero-order valence-electron chi connectivity index (χ0n) is 14.4. The van der Waals surface area contributed by atoms with Crippen molar-refractivity contribution in [3.63, 3.8) is 0 Å². The van der Waals surface area contributed by atoms with E-state index in [1.165, 1.54) is 11.8 Å². The van der Waals surface area contributed by atoms with Gasteiger partial charge in [0, 0.05) is 6.54 Å². The molecule has 26 heavy (non-hydrogen) atoms. The summed E-state index contributed by atoms with van der Waals surface area (Å²) in [6, 6.07) is 14.9. The van der Waals surface area contributed by atoms with Crippen molar-refractivity contribution in [2.24, 2.45) is 0 Å². The molecule has 0 unspecified atom stereocenters. The van der Waals surface area contributed by atoms with Crippen molar-refractivity contribution in [1.29, 1.82) is 0 Å². The number of benzene rings is 2. The Morgan fingerprint density at radius 1 is 1.27 bits per heavy atom. The normalized spacial score (nSPS) is 10.7. The van der Waals surface area contributed by atoms with Gasteiger partial charge in [0.2, 0.25) is 5.91 Å². The van der Waals surface area contributed by atoms with Crippen LogP contribution in [0.4, 0.5) is 0 Å². The van der Waals surface area contributed by atoms with Crippen molar-refractivity contribution in [2.75, 3.05) is 12.3 Å². The van der Waals surface area contributed by atoms with E-state index in [-0.39, 0.29) is 17.2 Å². The predicted molar refractivity (Wildman–Crippen MR) is 106 cm³/mol. The SMILES string of the molecule is C=CCNC(=O)CSc1nc2ccccc2c(=O)n1-c1cccc(C)c1. The minimum atomic E-state index is -0.143. The van der Waals surface area contributed by atoms with Gasteiger partial charge >= 0.3 is 0 Å². The lowest BCUT2D eigenvalue weighted by atomic mass is 10.2. The van der Waals surface area contributed by atoms with Crippen LogP contribution in [0.2, 0.25) is 0 Å². The molecule has 2 aromatic carbocycles. The standard InChI is InChI=1S/C20H19N3O2S/c1-3-11-21-18(24)13-26-20-22-17-10-5-4-9-16(17)19(25)23(20)15-8-6-7-14(2)12-15/h3-10,12H,1,11,13H2,2H3,(H,21,24). The van der Waals surface area contributed by atoms with Crippen molar-refractivity contribution in [3.8, 4) is 5.69 Å². The number of thioether (sulfide) groups is 1. The Balaban J connectivity index is 2.08. The molecular formula is C20H19N3O2S. The second-order valence-electron chi connectivity index (χ2n) is 5.77. The molecule has 0 saturated heterocycles. The van der Waals surface area contributed by atoms with Gasteiger partial charge in [-0.3, -0.25) is 14.2 Å². The topological polar surface area (TPSA) is 64.0 Å². The smallest absolute Gasteiger partial charge is 0.266 e. The molecule has 6 heteroatoms. The number of hydrogen-bond acceptors (Lipinski definition) is 4. The highest BCUT2D eigenvalue weighted by atomic mass is 32.2. The zero-order chi connectivity index (χ0) is 18.5. The third-order valence-corrected chi connectivity index (χ3v) is 4.72. The molecule has 3 aromatic rings. The van der Waals surface area contributed by atoms with Crippen LogP contribution < -0.4 is 10.9 Å². The highest BCUT2D eigenvalue weighted by Gasteiger charge is 2.14. The van der Waals surface area contributed by atoms with Gasteiger partial charge in [-0.1, -0.05) is 42.1 Å². The summed E-state index contributed by atoms with van der Waals surface area (Å²) in [4.78, 5) is 29.6. The van der Waals surface area contributed by atoms with Crippen LogP contribution >= 0.6 is 11.8 Å². The number of nitrogens with one attached hydrogen (secondary N) is 1. The van der Waals surface area contributed by atoms with Gasteiger partial charge in [0.1, 0.15) is 0 Å². The number of amides is 1. The average Bonchev–Trinajstić information content (AvgIpc) is 2.64. The van der Waals surface area contributed by atoms with Crippen molar-refractivity contribution in [3.05, 3.63) is 77.1 Å². The third kappa shape index (κ3) is 3.86. The van der Waals surface area contributed by atoms with E-state index < -0.39 is 0 Å². The van der Waals surface area contributed by atoms with Gasteiger partial charge in [0.05, 0.1) is 22.3 Å². The molecule has 1 amide bonds. The Morgan fingerprint density at radius 3 is 2.85 bits per heavy atom. The summed E-state index contributed by atoms with van der Waals surface area (Å²) in [5, 5.41) is 3.77. The Morgan fingerprint density at radius 2 is 2.08 bits per heavy atom. The van der Waals surface area contributed by atoms with Crippen LogP contribution in [-0.2, 0) is 4.79 Å². The summed E-state index contributed by atoms with van der Waals surface area (Å²) in [5.41, 5.74) is 2.26. The number of carbonyl (C=O) groups is 1. The summed E-state index contributed by atoms with van der Waals surface area (Å²) < 4.78 is 1.57. The van der Waals surface area contributed by atoms with Gasteiger partial charge in [-0.2, -0.15) is 0 Å². The molecule has 0 fully saturated rings. The van der Waals surface area contributed by atoms with E-state index >= 15 is 0 Å². The highest BCUT2D eigenvalue weighted by molar-refractivity contribution is 7.99. The Bertz CT molecular complexity index is 1030. The van der Waals surface area contributed by atoms with E-state index in [9.17, 15) is 9.59 Å². The fourth-order valence-corrected chi connectivity index (χ4v) is 3.41. The number of carbonyl (C=O) groups excluding carboxylic acids is 1. The molecule has 3 rings (SSSR count). The largest absolute Gasteiger partial charge is 0.352 e. The Labute approximate surface area is 155 Å². The predicted octanol–water partition coefficient (Wildman–Crippen LogP) is 3.09. The van der Waals surface area contributed by atoms with Crippen molar-refractivity contribution in [1.82, 2.24) is 14.9 Å². The van der Waals surface area contributed by atoms with Crippen molar-refractivity contribution < 1.29 is 4.79 Å². The first-order chi connectivity index (χ1) is 12.6. The van der Waals surface area contributed by atoms with Crippen LogP contribution in [0.5, 0.6) is 0 Å². The summed E-state index contributed by atoms with van der Waals surface area (Å²) >= 11 is 1.24. The first-order valence-electron chi connectivity index (χ1n) is 8.19. The Kier molecular flexibility index (Phi) is 5.53. The monoisotopic (exact) mass is 365 g/mol. The zero-order valence-corrected chi connectivity index (χ0v) is 15.3. The lowest BCUT2D eigenvalue weighted by molar-refractivity contribution is -0.118. The average molecular weight is 365 g/mol. The van der Waals surface area contributed by atoms with Gasteiger partial charge in [0.15, 0.2) is 5.16 Å². The van der Waals surface area contributed by atoms with E-state index in [0.29, 0.717) is 22.6 Å². The number of fused-ring (bicyclic) bond motifs is 1. The molecule has 0 spiro atoms. The molecule has 132 valence electrons. The first-order valence-corrected chi connectivity index (χ1v) is 9.18. The van der Waals surface area contributed by atoms with E-state index in [2.05, 4.69) is 16.9 Å². The molecule has 0 aliphatic rings. The maximum absolute atomic E-state index is 13.1. The second kappa shape index (κ2) is 8.01. The van der Waals surface area contributed by atoms with Gasteiger partial charge in [-0.05, 0) is 36.8 Å². The van der Waals surface area contributed by atoms with Crippen LogP contribution in [0, 0.1) is 6.92 Å². The van der Waals surface area contributed by atoms with Crippen LogP contribution in [0.15, 0.2) is 71.1 Å². The first kappa shape index (κ1) is 17.9. The molecule has 0 aliphatic carbocycles. The fraction of sp³-hybridized carbons (Fsp3) is 0.150. The molecule has 0 saturated carbocycles. The third-order valence-electron chi connectivity index (χ3n) is 3.78. The van der Waals surface area contributed by atoms with Gasteiger partial charge < -0.3 is 5.32 Å². The van der Waals surface area contributed by atoms with E-state index in [1.807, 2.05) is 43.3 Å². The van der Waals surface area contributed by atoms with Crippen molar-refractivity contribution in [2.45, 2.75) is 12.1 Å². The van der Waals surface area contributed by atoms with E-state index in [4.69, 9.17) is 0 Å². The number of nitrogens with zero attached hydrogens (tertiary/aromatic N) is 2. The molecule has 1 heterocycles. The number of rotatable bonds is 6. The molecule has 0 radical (unpaired) electrons. The van der Waals surface area contributed by atoms with E-state index in [1.54, 1.807) is 22.8 Å². The maximum atomic E-state index is 13.1. The molecule has 0 aliphatic heterocycles. The van der Waals surface area contributed by atoms with Crippen LogP contribution in [0.3, 0.4) is 0 Å². The lowest BCUT2D eigenvalue weighted by Crippen LogP contribution is -2.26. The van der Waals surface area contributed by atoms with Gasteiger partial charge in [-0.15, -0.1) is 6.58 Å². The number of aromatic nitrogens is 2. The molecule has 5 nitrogen and oxygen atoms in total. The maximum Gasteiger partial charge on any atom is 0.266 e. The molecule has 0 bridgehead atoms. The van der Waals surface area contributed by atoms with Gasteiger partial charge in [-0.25, -0.2) is 4.98 Å². The molecule has 1 N–H and O–H groups in total.